The molecule has 2 atom stereocenters. The minimum Gasteiger partial charge on any atom is -0.501 e. The van der Waals surface area contributed by atoms with Crippen LogP contribution in [-0.2, 0) is 14.3 Å². The fourth-order valence-corrected chi connectivity index (χ4v) is 6.22. The van der Waals surface area contributed by atoms with E-state index in [0.29, 0.717) is 18.6 Å². The second kappa shape index (κ2) is 29.1. The highest BCUT2D eigenvalue weighted by molar-refractivity contribution is 5.83. The van der Waals surface area contributed by atoms with Gasteiger partial charge in [0.05, 0.1) is 19.3 Å². The lowest BCUT2D eigenvalue weighted by atomic mass is 10.00. The SMILES string of the molecule is CCCCCCCCCCCCCCCCCCCCCCCCCCCCC[C@@H](O)C[C@@H]1CC(OC)=CC(=O)O1. The number of carbonyl (C=O) groups is 1. The summed E-state index contributed by atoms with van der Waals surface area (Å²) in [5.74, 6) is 0.287. The van der Waals surface area contributed by atoms with E-state index in [4.69, 9.17) is 9.47 Å². The van der Waals surface area contributed by atoms with Crippen LogP contribution in [0.15, 0.2) is 11.8 Å². The lowest BCUT2D eigenvalue weighted by Gasteiger charge is -2.24. The van der Waals surface area contributed by atoms with Crippen LogP contribution < -0.4 is 0 Å². The molecule has 1 heterocycles. The van der Waals surface area contributed by atoms with Gasteiger partial charge in [0.2, 0.25) is 0 Å². The molecule has 0 amide bonds. The Balaban J connectivity index is 1.71. The quantitative estimate of drug-likeness (QED) is 0.0656. The number of aliphatic hydroxyl groups excluding tert-OH is 1. The van der Waals surface area contributed by atoms with Crippen LogP contribution in [0.4, 0.5) is 0 Å². The first-order valence-corrected chi connectivity index (χ1v) is 18.3. The Bertz CT molecular complexity index is 602. The Labute approximate surface area is 255 Å². The lowest BCUT2D eigenvalue weighted by Crippen LogP contribution is -2.27. The van der Waals surface area contributed by atoms with E-state index < -0.39 is 6.10 Å². The van der Waals surface area contributed by atoms with Crippen molar-refractivity contribution >= 4 is 5.97 Å². The lowest BCUT2D eigenvalue weighted by molar-refractivity contribution is -0.146. The molecule has 0 radical (unpaired) electrons. The Morgan fingerprint density at radius 2 is 1.00 bits per heavy atom. The molecule has 0 aliphatic carbocycles. The van der Waals surface area contributed by atoms with Crippen molar-refractivity contribution in [3.63, 3.8) is 0 Å². The predicted octanol–water partition coefficient (Wildman–Crippen LogP) is 11.5. The normalized spacial score (nSPS) is 16.0. The van der Waals surface area contributed by atoms with Crippen LogP contribution in [0, 0.1) is 0 Å². The maximum Gasteiger partial charge on any atom is 0.334 e. The molecule has 0 saturated carbocycles. The van der Waals surface area contributed by atoms with Crippen molar-refractivity contribution in [3.8, 4) is 0 Å². The molecule has 242 valence electrons. The molecular formula is C37H70O4. The molecule has 4 heteroatoms. The molecular weight excluding hydrogens is 508 g/mol. The third-order valence-electron chi connectivity index (χ3n) is 8.93. The molecule has 1 aliphatic rings. The molecule has 0 aromatic heterocycles. The van der Waals surface area contributed by atoms with Gasteiger partial charge in [-0.1, -0.05) is 180 Å². The van der Waals surface area contributed by atoms with E-state index in [9.17, 15) is 9.90 Å². The zero-order valence-electron chi connectivity index (χ0n) is 27.6. The van der Waals surface area contributed by atoms with E-state index in [1.165, 1.54) is 173 Å². The minimum atomic E-state index is -0.400. The van der Waals surface area contributed by atoms with E-state index in [0.717, 1.165) is 12.8 Å². The van der Waals surface area contributed by atoms with Gasteiger partial charge in [-0.25, -0.2) is 4.79 Å². The fourth-order valence-electron chi connectivity index (χ4n) is 6.22. The first-order chi connectivity index (χ1) is 20.2. The summed E-state index contributed by atoms with van der Waals surface area (Å²) >= 11 is 0. The van der Waals surface area contributed by atoms with Gasteiger partial charge in [-0.15, -0.1) is 0 Å². The Kier molecular flexibility index (Phi) is 26.9. The number of hydrogen-bond acceptors (Lipinski definition) is 4. The molecule has 0 aromatic rings. The number of ether oxygens (including phenoxy) is 2. The van der Waals surface area contributed by atoms with Crippen molar-refractivity contribution in [2.75, 3.05) is 7.11 Å². The minimum absolute atomic E-state index is 0.258. The summed E-state index contributed by atoms with van der Waals surface area (Å²) in [6.07, 6.45) is 40.5. The number of hydrogen-bond donors (Lipinski definition) is 1. The highest BCUT2D eigenvalue weighted by Crippen LogP contribution is 2.22. The summed E-state index contributed by atoms with van der Waals surface area (Å²) in [7, 11) is 1.57. The Hall–Kier alpha value is -1.03. The number of esters is 1. The average molecular weight is 579 g/mol. The maximum atomic E-state index is 11.6. The van der Waals surface area contributed by atoms with Crippen LogP contribution in [0.5, 0.6) is 0 Å². The van der Waals surface area contributed by atoms with Crippen molar-refractivity contribution < 1.29 is 19.4 Å². The van der Waals surface area contributed by atoms with Gasteiger partial charge in [-0.05, 0) is 6.42 Å². The third-order valence-corrected chi connectivity index (χ3v) is 8.93. The molecule has 4 nitrogen and oxygen atoms in total. The van der Waals surface area contributed by atoms with Crippen LogP contribution >= 0.6 is 0 Å². The first kappa shape index (κ1) is 38.0. The van der Waals surface area contributed by atoms with Crippen molar-refractivity contribution in [3.05, 3.63) is 11.8 Å². The Morgan fingerprint density at radius 1 is 0.659 bits per heavy atom. The molecule has 0 unspecified atom stereocenters. The zero-order chi connectivity index (χ0) is 29.6. The molecule has 0 spiro atoms. The molecule has 1 rings (SSSR count). The average Bonchev–Trinajstić information content (AvgIpc) is 2.96. The van der Waals surface area contributed by atoms with Crippen LogP contribution in [-0.4, -0.2) is 30.4 Å². The third kappa shape index (κ3) is 25.2. The zero-order valence-corrected chi connectivity index (χ0v) is 27.6. The summed E-state index contributed by atoms with van der Waals surface area (Å²) in [5.41, 5.74) is 0. The highest BCUT2D eigenvalue weighted by Gasteiger charge is 2.24. The van der Waals surface area contributed by atoms with Crippen LogP contribution in [0.3, 0.4) is 0 Å². The molecule has 0 fully saturated rings. The Morgan fingerprint density at radius 3 is 1.34 bits per heavy atom. The van der Waals surface area contributed by atoms with Gasteiger partial charge < -0.3 is 14.6 Å². The van der Waals surface area contributed by atoms with Crippen LogP contribution in [0.2, 0.25) is 0 Å². The number of unbranched alkanes of at least 4 members (excludes halogenated alkanes) is 26. The van der Waals surface area contributed by atoms with Gasteiger partial charge in [0.15, 0.2) is 0 Å². The van der Waals surface area contributed by atoms with Gasteiger partial charge >= 0.3 is 5.97 Å². The van der Waals surface area contributed by atoms with Crippen molar-refractivity contribution in [1.29, 1.82) is 0 Å². The number of methoxy groups -OCH3 is 1. The number of cyclic esters (lactones) is 1. The largest absolute Gasteiger partial charge is 0.501 e. The monoisotopic (exact) mass is 579 g/mol. The van der Waals surface area contributed by atoms with Gasteiger partial charge in [-0.3, -0.25) is 0 Å². The summed E-state index contributed by atoms with van der Waals surface area (Å²) in [5, 5.41) is 10.3. The second-order valence-electron chi connectivity index (χ2n) is 12.9. The molecule has 1 N–H and O–H groups in total. The van der Waals surface area contributed by atoms with E-state index in [2.05, 4.69) is 6.92 Å². The number of carbonyl (C=O) groups excluding carboxylic acids is 1. The summed E-state index contributed by atoms with van der Waals surface area (Å²) in [6.45, 7) is 2.30. The molecule has 0 bridgehead atoms. The van der Waals surface area contributed by atoms with Crippen molar-refractivity contribution in [2.45, 2.75) is 212 Å². The molecule has 0 aromatic carbocycles. The number of rotatable bonds is 31. The van der Waals surface area contributed by atoms with Gasteiger partial charge in [0.25, 0.3) is 0 Å². The second-order valence-corrected chi connectivity index (χ2v) is 12.9. The number of aliphatic hydroxyl groups is 1. The summed E-state index contributed by atoms with van der Waals surface area (Å²) < 4.78 is 10.5. The van der Waals surface area contributed by atoms with Gasteiger partial charge in [0, 0.05) is 12.8 Å². The van der Waals surface area contributed by atoms with Crippen LogP contribution in [0.25, 0.3) is 0 Å². The van der Waals surface area contributed by atoms with Crippen molar-refractivity contribution in [1.82, 2.24) is 0 Å². The summed E-state index contributed by atoms with van der Waals surface area (Å²) in [6, 6.07) is 0. The van der Waals surface area contributed by atoms with Gasteiger partial charge in [-0.2, -0.15) is 0 Å². The van der Waals surface area contributed by atoms with E-state index >= 15 is 0 Å². The standard InChI is InChI=1S/C37H70O4/c1-3-4-5-6-7-8-9-10-11-12-13-14-15-16-17-18-19-20-21-22-23-24-25-26-27-28-29-30-34(38)31-36-32-35(40-2)33-37(39)41-36/h33-34,36,38H,3-32H2,1-2H3/t34-,36-/m1/s1. The predicted molar refractivity (Wildman–Crippen MR) is 175 cm³/mol. The molecule has 1 aliphatic heterocycles. The molecule has 0 saturated heterocycles. The smallest absolute Gasteiger partial charge is 0.334 e. The van der Waals surface area contributed by atoms with Crippen molar-refractivity contribution in [2.24, 2.45) is 0 Å². The maximum absolute atomic E-state index is 11.6. The first-order valence-electron chi connectivity index (χ1n) is 18.3. The summed E-state index contributed by atoms with van der Waals surface area (Å²) in [4.78, 5) is 11.6. The van der Waals surface area contributed by atoms with E-state index in [1.54, 1.807) is 7.11 Å². The molecule has 41 heavy (non-hydrogen) atoms. The topological polar surface area (TPSA) is 55.8 Å². The van der Waals surface area contributed by atoms with E-state index in [1.807, 2.05) is 0 Å². The van der Waals surface area contributed by atoms with Gasteiger partial charge in [0.1, 0.15) is 11.9 Å². The van der Waals surface area contributed by atoms with E-state index in [-0.39, 0.29) is 12.1 Å². The van der Waals surface area contributed by atoms with Crippen LogP contribution in [0.1, 0.15) is 200 Å². The highest BCUT2D eigenvalue weighted by atomic mass is 16.6. The fraction of sp³-hybridized carbons (Fsp3) is 0.919.